The molecule has 1 saturated heterocycles. The number of amides is 1. The Morgan fingerprint density at radius 1 is 1.14 bits per heavy atom. The van der Waals surface area contributed by atoms with Gasteiger partial charge in [0.2, 0.25) is 0 Å². The van der Waals surface area contributed by atoms with E-state index >= 15 is 0 Å². The van der Waals surface area contributed by atoms with Gasteiger partial charge >= 0.3 is 0 Å². The highest BCUT2D eigenvalue weighted by Crippen LogP contribution is 2.26. The summed E-state index contributed by atoms with van der Waals surface area (Å²) in [6.45, 7) is 4.66. The van der Waals surface area contributed by atoms with Gasteiger partial charge in [0.1, 0.15) is 11.5 Å². The van der Waals surface area contributed by atoms with E-state index in [-0.39, 0.29) is 5.56 Å². The quantitative estimate of drug-likeness (QED) is 0.381. The van der Waals surface area contributed by atoms with Gasteiger partial charge in [-0.25, -0.2) is 0 Å². The van der Waals surface area contributed by atoms with Crippen LogP contribution in [0.3, 0.4) is 0 Å². The first-order valence-electron chi connectivity index (χ1n) is 11.7. The largest absolute Gasteiger partial charge is 0.499 e. The molecule has 35 heavy (non-hydrogen) atoms. The molecule has 0 atom stereocenters. The fourth-order valence-electron chi connectivity index (χ4n) is 4.20. The summed E-state index contributed by atoms with van der Waals surface area (Å²) in [5.74, 6) is 2.76. The summed E-state index contributed by atoms with van der Waals surface area (Å²) in [7, 11) is 3.10. The van der Waals surface area contributed by atoms with Crippen LogP contribution in [-0.4, -0.2) is 48.9 Å². The average molecular weight is 473 g/mol. The zero-order valence-electron chi connectivity index (χ0n) is 20.8. The number of benzene rings is 1. The molecule has 1 aliphatic rings. The maximum Gasteiger partial charge on any atom is 0.295 e. The zero-order chi connectivity index (χ0) is 25.4. The number of nitrogens with zero attached hydrogens (tertiary/aromatic N) is 1. The Bertz CT molecular complexity index is 1300. The number of ether oxygens (including phenoxy) is 2. The predicted molar refractivity (Wildman–Crippen MR) is 138 cm³/mol. The summed E-state index contributed by atoms with van der Waals surface area (Å²) in [5, 5.41) is 1.12. The Morgan fingerprint density at radius 2 is 1.83 bits per heavy atom. The van der Waals surface area contributed by atoms with E-state index in [4.69, 9.17) is 15.9 Å². The zero-order valence-corrected chi connectivity index (χ0v) is 20.8. The first-order chi connectivity index (χ1) is 17.0. The van der Waals surface area contributed by atoms with Gasteiger partial charge in [-0.3, -0.25) is 9.59 Å². The van der Waals surface area contributed by atoms with E-state index < -0.39 is 11.7 Å². The molecule has 182 valence electrons. The molecule has 2 aromatic rings. The number of ketones is 1. The number of terminal acetylenes is 1. The number of methoxy groups -OCH3 is 2. The number of piperidine rings is 1. The summed E-state index contributed by atoms with van der Waals surface area (Å²) in [5.41, 5.74) is 3.26. The van der Waals surface area contributed by atoms with Gasteiger partial charge in [0.25, 0.3) is 11.7 Å². The molecule has 0 unspecified atom stereocenters. The summed E-state index contributed by atoms with van der Waals surface area (Å²) in [6.07, 6.45) is 13.2. The monoisotopic (exact) mass is 472 g/mol. The fourth-order valence-corrected chi connectivity index (χ4v) is 4.20. The number of Topliss-reactive ketones (excluding diaryl/α,β-unsaturated/α-hetero) is 1. The van der Waals surface area contributed by atoms with Crippen LogP contribution in [0.2, 0.25) is 0 Å². The van der Waals surface area contributed by atoms with Gasteiger partial charge in [-0.05, 0) is 37.8 Å². The topological polar surface area (TPSA) is 71.6 Å². The van der Waals surface area contributed by atoms with E-state index in [0.29, 0.717) is 48.0 Å². The molecule has 0 spiro atoms. The van der Waals surface area contributed by atoms with E-state index in [1.807, 2.05) is 43.3 Å². The Morgan fingerprint density at radius 3 is 2.40 bits per heavy atom. The maximum absolute atomic E-state index is 13.4. The van der Waals surface area contributed by atoms with E-state index in [0.717, 1.165) is 23.1 Å². The van der Waals surface area contributed by atoms with Crippen molar-refractivity contribution in [2.75, 3.05) is 27.3 Å². The molecule has 1 amide bonds. The predicted octanol–water partition coefficient (Wildman–Crippen LogP) is 3.40. The van der Waals surface area contributed by atoms with Crippen molar-refractivity contribution in [2.24, 2.45) is 0 Å². The van der Waals surface area contributed by atoms with Crippen LogP contribution in [0, 0.1) is 12.3 Å². The standard InChI is InChI=1S/C29H32N2O4/c1-6-8-14-25(35-5)26-24(19-30-27(26)20(3)34-4)28(32)29(33)31-17-15-22(16-18-31)23(7-2)21-12-10-9-11-13-21/h2,8-14,19,30H,6,15-18H2,1,3-5H3/b14-8+,26-25+,27-20-. The molecule has 3 rings (SSSR count). The molecule has 1 aromatic carbocycles. The maximum atomic E-state index is 13.4. The molecular weight excluding hydrogens is 440 g/mol. The Kier molecular flexibility index (Phi) is 8.74. The summed E-state index contributed by atoms with van der Waals surface area (Å²) >= 11 is 0. The Hall–Kier alpha value is -3.98. The normalized spacial score (nSPS) is 15.4. The molecule has 6 heteroatoms. The SMILES string of the molecule is C#CC(=C1CCN(C(=O)C(=O)c2c[nH]c(=C(/C)OC)/c2=C(\C=C\CC)OC)CC1)c1ccccc1. The van der Waals surface area contributed by atoms with E-state index in [9.17, 15) is 9.59 Å². The molecule has 0 saturated carbocycles. The lowest BCUT2D eigenvalue weighted by Crippen LogP contribution is -2.43. The number of hydrogen-bond acceptors (Lipinski definition) is 4. The van der Waals surface area contributed by atoms with Crippen LogP contribution in [0.1, 0.15) is 49.0 Å². The van der Waals surface area contributed by atoms with Gasteiger partial charge in [0.05, 0.1) is 30.4 Å². The van der Waals surface area contributed by atoms with Crippen molar-refractivity contribution < 1.29 is 19.1 Å². The number of likely N-dealkylation sites (tertiary alicyclic amines) is 1. The van der Waals surface area contributed by atoms with Crippen molar-refractivity contribution in [3.63, 3.8) is 0 Å². The summed E-state index contributed by atoms with van der Waals surface area (Å²) in [6, 6.07) is 9.84. The number of carbonyl (C=O) groups is 2. The van der Waals surface area contributed by atoms with Crippen LogP contribution in [-0.2, 0) is 14.3 Å². The number of allylic oxidation sites excluding steroid dienone is 2. The lowest BCUT2D eigenvalue weighted by atomic mass is 9.93. The van der Waals surface area contributed by atoms with Crippen molar-refractivity contribution in [3.8, 4) is 12.3 Å². The highest BCUT2D eigenvalue weighted by Gasteiger charge is 2.28. The molecule has 0 aliphatic carbocycles. The number of aromatic nitrogens is 1. The van der Waals surface area contributed by atoms with Crippen molar-refractivity contribution in [2.45, 2.75) is 33.1 Å². The number of H-pyrrole nitrogens is 1. The average Bonchev–Trinajstić information content (AvgIpc) is 3.34. The van der Waals surface area contributed by atoms with Crippen molar-refractivity contribution in [1.29, 1.82) is 0 Å². The molecule has 6 nitrogen and oxygen atoms in total. The van der Waals surface area contributed by atoms with E-state index in [2.05, 4.69) is 10.9 Å². The molecule has 0 bridgehead atoms. The van der Waals surface area contributed by atoms with Gasteiger partial charge in [-0.15, -0.1) is 6.42 Å². The molecule has 1 fully saturated rings. The number of aromatic amines is 1. The fraction of sp³-hybridized carbons (Fsp3) is 0.310. The number of hydrogen-bond donors (Lipinski definition) is 1. The lowest BCUT2D eigenvalue weighted by molar-refractivity contribution is -0.126. The highest BCUT2D eigenvalue weighted by molar-refractivity contribution is 6.42. The minimum Gasteiger partial charge on any atom is -0.499 e. The molecule has 1 aromatic heterocycles. The van der Waals surface area contributed by atoms with Crippen molar-refractivity contribution in [1.82, 2.24) is 9.88 Å². The second kappa shape index (κ2) is 11.9. The van der Waals surface area contributed by atoms with E-state index in [1.54, 1.807) is 38.3 Å². The smallest absolute Gasteiger partial charge is 0.295 e. The van der Waals surface area contributed by atoms with Crippen LogP contribution in [0.15, 0.2) is 54.3 Å². The van der Waals surface area contributed by atoms with Gasteiger partial charge in [0.15, 0.2) is 0 Å². The van der Waals surface area contributed by atoms with Crippen LogP contribution in [0.25, 0.3) is 17.1 Å². The number of carbonyl (C=O) groups excluding carboxylic acids is 2. The van der Waals surface area contributed by atoms with Crippen LogP contribution in [0.5, 0.6) is 0 Å². The van der Waals surface area contributed by atoms with Crippen molar-refractivity contribution in [3.05, 3.63) is 75.9 Å². The second-order valence-corrected chi connectivity index (χ2v) is 8.20. The summed E-state index contributed by atoms with van der Waals surface area (Å²) < 4.78 is 11.0. The van der Waals surface area contributed by atoms with Crippen LogP contribution in [0.4, 0.5) is 0 Å². The van der Waals surface area contributed by atoms with Gasteiger partial charge in [-0.1, -0.05) is 54.8 Å². The molecule has 2 heterocycles. The Balaban J connectivity index is 1.92. The first kappa shape index (κ1) is 25.6. The number of nitrogens with one attached hydrogen (secondary N) is 1. The lowest BCUT2D eigenvalue weighted by Gasteiger charge is -2.28. The third kappa shape index (κ3) is 5.58. The molecule has 0 radical (unpaired) electrons. The van der Waals surface area contributed by atoms with E-state index in [1.165, 1.54) is 0 Å². The first-order valence-corrected chi connectivity index (χ1v) is 11.7. The molecule has 1 N–H and O–H groups in total. The third-order valence-electron chi connectivity index (χ3n) is 6.16. The second-order valence-electron chi connectivity index (χ2n) is 8.20. The third-order valence-corrected chi connectivity index (χ3v) is 6.16. The minimum atomic E-state index is -0.585. The van der Waals surface area contributed by atoms with Crippen LogP contribution >= 0.6 is 0 Å². The Labute approximate surface area is 206 Å². The van der Waals surface area contributed by atoms with Gasteiger partial charge in [0, 0.05) is 24.9 Å². The highest BCUT2D eigenvalue weighted by atomic mass is 16.5. The number of rotatable bonds is 7. The van der Waals surface area contributed by atoms with Gasteiger partial charge < -0.3 is 19.4 Å². The van der Waals surface area contributed by atoms with Crippen LogP contribution < -0.4 is 10.6 Å². The van der Waals surface area contributed by atoms with Crippen molar-refractivity contribution >= 4 is 28.8 Å². The molecule has 1 aliphatic heterocycles. The molecular formula is C29H32N2O4. The summed E-state index contributed by atoms with van der Waals surface area (Å²) in [4.78, 5) is 31.3. The minimum absolute atomic E-state index is 0.258. The van der Waals surface area contributed by atoms with Gasteiger partial charge in [-0.2, -0.15) is 0 Å².